The molecule has 2 rings (SSSR count). The topological polar surface area (TPSA) is 75.5 Å². The zero-order valence-electron chi connectivity index (χ0n) is 12.5. The lowest BCUT2D eigenvalue weighted by atomic mass is 10.1. The van der Waals surface area contributed by atoms with Crippen LogP contribution < -0.4 is 5.32 Å². The number of nitrogens with one attached hydrogen (secondary N) is 1. The average Bonchev–Trinajstić information content (AvgIpc) is 2.71. The van der Waals surface area contributed by atoms with Gasteiger partial charge in [-0.25, -0.2) is 4.79 Å². The SMILES string of the molecule is Cc1cc(NC(=O)N2CCCCCC2)c([N+](=O)[O-])cc1C. The summed E-state index contributed by atoms with van der Waals surface area (Å²) in [5.41, 5.74) is 1.99. The number of rotatable bonds is 2. The Bertz CT molecular complexity index is 549. The van der Waals surface area contributed by atoms with E-state index < -0.39 is 4.92 Å². The summed E-state index contributed by atoms with van der Waals surface area (Å²) in [6.45, 7) is 5.12. The van der Waals surface area contributed by atoms with E-state index in [2.05, 4.69) is 5.32 Å². The van der Waals surface area contributed by atoms with Crippen molar-refractivity contribution in [1.29, 1.82) is 0 Å². The van der Waals surface area contributed by atoms with Gasteiger partial charge in [0.25, 0.3) is 5.69 Å². The first-order chi connectivity index (χ1) is 9.99. The Morgan fingerprint density at radius 2 is 1.71 bits per heavy atom. The number of anilines is 1. The van der Waals surface area contributed by atoms with Crippen LogP contribution in [0, 0.1) is 24.0 Å². The van der Waals surface area contributed by atoms with E-state index in [1.807, 2.05) is 13.8 Å². The molecule has 2 amide bonds. The largest absolute Gasteiger partial charge is 0.325 e. The Kier molecular flexibility index (Phi) is 4.77. The molecule has 0 saturated carbocycles. The summed E-state index contributed by atoms with van der Waals surface area (Å²) in [7, 11) is 0. The average molecular weight is 291 g/mol. The lowest BCUT2D eigenvalue weighted by Crippen LogP contribution is -2.35. The molecule has 1 aromatic rings. The fraction of sp³-hybridized carbons (Fsp3) is 0.533. The Morgan fingerprint density at radius 3 is 2.29 bits per heavy atom. The summed E-state index contributed by atoms with van der Waals surface area (Å²) in [5.74, 6) is 0. The number of nitro groups is 1. The Balaban J connectivity index is 2.19. The van der Waals surface area contributed by atoms with E-state index in [-0.39, 0.29) is 17.4 Å². The quantitative estimate of drug-likeness (QED) is 0.668. The number of nitrogens with zero attached hydrogens (tertiary/aromatic N) is 2. The fourth-order valence-electron chi connectivity index (χ4n) is 2.52. The predicted octanol–water partition coefficient (Wildman–Crippen LogP) is 3.62. The third kappa shape index (κ3) is 3.71. The molecule has 0 unspecified atom stereocenters. The number of nitro benzene ring substituents is 1. The number of carbonyl (C=O) groups is 1. The molecule has 6 heteroatoms. The van der Waals surface area contributed by atoms with Gasteiger partial charge >= 0.3 is 6.03 Å². The number of urea groups is 1. The molecule has 114 valence electrons. The van der Waals surface area contributed by atoms with E-state index in [1.54, 1.807) is 11.0 Å². The monoisotopic (exact) mass is 291 g/mol. The van der Waals surface area contributed by atoms with Crippen molar-refractivity contribution in [1.82, 2.24) is 4.90 Å². The molecule has 6 nitrogen and oxygen atoms in total. The van der Waals surface area contributed by atoms with Gasteiger partial charge in [0.15, 0.2) is 0 Å². The third-order valence-corrected chi connectivity index (χ3v) is 3.94. The zero-order valence-corrected chi connectivity index (χ0v) is 12.5. The minimum atomic E-state index is -0.454. The lowest BCUT2D eigenvalue weighted by Gasteiger charge is -2.21. The molecule has 0 spiro atoms. The second-order valence-corrected chi connectivity index (χ2v) is 5.54. The van der Waals surface area contributed by atoms with Crippen molar-refractivity contribution in [2.24, 2.45) is 0 Å². The van der Waals surface area contributed by atoms with Crippen LogP contribution in [0.5, 0.6) is 0 Å². The van der Waals surface area contributed by atoms with Gasteiger partial charge in [0.2, 0.25) is 0 Å². The van der Waals surface area contributed by atoms with E-state index >= 15 is 0 Å². The molecular formula is C15H21N3O3. The third-order valence-electron chi connectivity index (χ3n) is 3.94. The van der Waals surface area contributed by atoms with E-state index in [9.17, 15) is 14.9 Å². The van der Waals surface area contributed by atoms with Crippen LogP contribution in [0.2, 0.25) is 0 Å². The number of carbonyl (C=O) groups excluding carboxylic acids is 1. The van der Waals surface area contributed by atoms with Crippen molar-refractivity contribution in [2.75, 3.05) is 18.4 Å². The zero-order chi connectivity index (χ0) is 15.4. The molecule has 21 heavy (non-hydrogen) atoms. The molecule has 1 fully saturated rings. The first-order valence-corrected chi connectivity index (χ1v) is 7.30. The molecule has 1 heterocycles. The van der Waals surface area contributed by atoms with Gasteiger partial charge in [-0.2, -0.15) is 0 Å². The van der Waals surface area contributed by atoms with Crippen LogP contribution in [0.1, 0.15) is 36.8 Å². The van der Waals surface area contributed by atoms with Crippen LogP contribution in [0.3, 0.4) is 0 Å². The molecule has 0 radical (unpaired) electrons. The van der Waals surface area contributed by atoms with Crippen LogP contribution in [-0.2, 0) is 0 Å². The maximum atomic E-state index is 12.3. The van der Waals surface area contributed by atoms with Gasteiger partial charge in [-0.15, -0.1) is 0 Å². The van der Waals surface area contributed by atoms with Crippen LogP contribution >= 0.6 is 0 Å². The molecule has 0 aliphatic carbocycles. The number of hydrogen-bond acceptors (Lipinski definition) is 3. The summed E-state index contributed by atoms with van der Waals surface area (Å²) in [5, 5.41) is 13.8. The first kappa shape index (κ1) is 15.3. The van der Waals surface area contributed by atoms with E-state index in [0.717, 1.165) is 36.8 Å². The summed E-state index contributed by atoms with van der Waals surface area (Å²) < 4.78 is 0. The van der Waals surface area contributed by atoms with Crippen LogP contribution in [0.25, 0.3) is 0 Å². The number of likely N-dealkylation sites (tertiary alicyclic amines) is 1. The molecular weight excluding hydrogens is 270 g/mol. The number of amides is 2. The standard InChI is InChI=1S/C15H21N3O3/c1-11-9-13(14(18(20)21)10-12(11)2)16-15(19)17-7-5-3-4-6-8-17/h9-10H,3-8H2,1-2H3,(H,16,19). The molecule has 1 saturated heterocycles. The van der Waals surface area contributed by atoms with Gasteiger partial charge in [0.05, 0.1) is 4.92 Å². The highest BCUT2D eigenvalue weighted by Crippen LogP contribution is 2.28. The summed E-state index contributed by atoms with van der Waals surface area (Å²) >= 11 is 0. The minimum absolute atomic E-state index is 0.0544. The summed E-state index contributed by atoms with van der Waals surface area (Å²) in [4.78, 5) is 24.7. The van der Waals surface area contributed by atoms with Gasteiger partial charge < -0.3 is 10.2 Å². The molecule has 1 aromatic carbocycles. The minimum Gasteiger partial charge on any atom is -0.325 e. The Labute approximate surface area is 124 Å². The van der Waals surface area contributed by atoms with Crippen molar-refractivity contribution in [3.63, 3.8) is 0 Å². The van der Waals surface area contributed by atoms with Gasteiger partial charge in [0.1, 0.15) is 5.69 Å². The highest BCUT2D eigenvalue weighted by Gasteiger charge is 2.21. The molecule has 1 aliphatic heterocycles. The maximum Gasteiger partial charge on any atom is 0.322 e. The molecule has 0 bridgehead atoms. The van der Waals surface area contributed by atoms with Crippen LogP contribution in [0.4, 0.5) is 16.2 Å². The molecule has 0 aromatic heterocycles. The summed E-state index contributed by atoms with van der Waals surface area (Å²) in [6, 6.07) is 2.93. The van der Waals surface area contributed by atoms with Crippen molar-refractivity contribution >= 4 is 17.4 Å². The Hall–Kier alpha value is -2.11. The maximum absolute atomic E-state index is 12.3. The van der Waals surface area contributed by atoms with Crippen LogP contribution in [-0.4, -0.2) is 28.9 Å². The fourth-order valence-corrected chi connectivity index (χ4v) is 2.52. The van der Waals surface area contributed by atoms with Crippen molar-refractivity contribution < 1.29 is 9.72 Å². The normalized spacial score (nSPS) is 15.4. The Morgan fingerprint density at radius 1 is 1.14 bits per heavy atom. The van der Waals surface area contributed by atoms with Gasteiger partial charge in [0, 0.05) is 19.2 Å². The van der Waals surface area contributed by atoms with Crippen molar-refractivity contribution in [3.8, 4) is 0 Å². The molecule has 1 aliphatic rings. The van der Waals surface area contributed by atoms with Gasteiger partial charge in [-0.1, -0.05) is 12.8 Å². The predicted molar refractivity (Wildman–Crippen MR) is 81.6 cm³/mol. The van der Waals surface area contributed by atoms with E-state index in [4.69, 9.17) is 0 Å². The number of hydrogen-bond donors (Lipinski definition) is 1. The number of benzene rings is 1. The van der Waals surface area contributed by atoms with Gasteiger partial charge in [-0.3, -0.25) is 10.1 Å². The van der Waals surface area contributed by atoms with E-state index in [1.165, 1.54) is 6.07 Å². The van der Waals surface area contributed by atoms with Gasteiger partial charge in [-0.05, 0) is 43.9 Å². The van der Waals surface area contributed by atoms with Crippen molar-refractivity contribution in [3.05, 3.63) is 33.4 Å². The number of aryl methyl sites for hydroxylation is 2. The first-order valence-electron chi connectivity index (χ1n) is 7.30. The van der Waals surface area contributed by atoms with E-state index in [0.29, 0.717) is 13.1 Å². The molecule has 1 N–H and O–H groups in total. The summed E-state index contributed by atoms with van der Waals surface area (Å²) in [6.07, 6.45) is 4.24. The molecule has 0 atom stereocenters. The second kappa shape index (κ2) is 6.56. The lowest BCUT2D eigenvalue weighted by molar-refractivity contribution is -0.384. The van der Waals surface area contributed by atoms with Crippen LogP contribution in [0.15, 0.2) is 12.1 Å². The highest BCUT2D eigenvalue weighted by atomic mass is 16.6. The second-order valence-electron chi connectivity index (χ2n) is 5.54. The van der Waals surface area contributed by atoms with Crippen molar-refractivity contribution in [2.45, 2.75) is 39.5 Å². The smallest absolute Gasteiger partial charge is 0.322 e. The highest BCUT2D eigenvalue weighted by molar-refractivity contribution is 5.92.